The first-order valence-electron chi connectivity index (χ1n) is 6.03. The molecule has 0 bridgehead atoms. The van der Waals surface area contributed by atoms with Gasteiger partial charge in [-0.05, 0) is 19.1 Å². The first-order valence-corrected chi connectivity index (χ1v) is 7.29. The molecule has 116 valence electrons. The van der Waals surface area contributed by atoms with Crippen LogP contribution < -0.4 is 5.32 Å². The molecule has 0 heterocycles. The summed E-state index contributed by atoms with van der Waals surface area (Å²) in [6.45, 7) is 1.55. The zero-order valence-electron chi connectivity index (χ0n) is 11.1. The molecule has 0 aromatic heterocycles. The third-order valence-electron chi connectivity index (χ3n) is 2.54. The molecule has 0 spiro atoms. The molecule has 1 aromatic carbocycles. The number of hydrogen-bond acceptors (Lipinski definition) is 3. The molecule has 2 atom stereocenters. The van der Waals surface area contributed by atoms with Crippen molar-refractivity contribution in [3.63, 3.8) is 0 Å². The molecule has 2 unspecified atom stereocenters. The fourth-order valence-corrected chi connectivity index (χ4v) is 2.64. The Morgan fingerprint density at radius 2 is 2.00 bits per heavy atom. The van der Waals surface area contributed by atoms with Crippen LogP contribution in [0.1, 0.15) is 13.3 Å². The fourth-order valence-electron chi connectivity index (χ4n) is 1.47. The molecule has 0 radical (unpaired) electrons. The molecule has 1 rings (SSSR count). The highest BCUT2D eigenvalue weighted by atomic mass is 35.5. The average Bonchev–Trinajstić information content (AvgIpc) is 2.39. The zero-order valence-corrected chi connectivity index (χ0v) is 12.6. The number of aliphatic carboxylic acids is 1. The number of hydrogen-bond donors (Lipinski definition) is 2. The third-order valence-corrected chi connectivity index (χ3v) is 4.16. The Balaban J connectivity index is 2.65. The SMILES string of the molecule is CC(Sc1ccccc1Cl)C(=O)NC(CC(F)F)C(=O)O. The molecule has 0 aliphatic rings. The van der Waals surface area contributed by atoms with Crippen molar-refractivity contribution >= 4 is 35.2 Å². The van der Waals surface area contributed by atoms with E-state index in [-0.39, 0.29) is 0 Å². The average molecular weight is 338 g/mol. The number of carboxylic acids is 1. The Morgan fingerprint density at radius 1 is 1.38 bits per heavy atom. The highest BCUT2D eigenvalue weighted by Crippen LogP contribution is 2.30. The maximum Gasteiger partial charge on any atom is 0.326 e. The van der Waals surface area contributed by atoms with Gasteiger partial charge in [-0.3, -0.25) is 4.79 Å². The Hall–Kier alpha value is -1.34. The normalized spacial score (nSPS) is 13.8. The van der Waals surface area contributed by atoms with Crippen LogP contribution in [0, 0.1) is 0 Å². The minimum Gasteiger partial charge on any atom is -0.480 e. The smallest absolute Gasteiger partial charge is 0.326 e. The molecule has 4 nitrogen and oxygen atoms in total. The summed E-state index contributed by atoms with van der Waals surface area (Å²) in [6.07, 6.45) is -3.73. The predicted molar refractivity (Wildman–Crippen MR) is 77.0 cm³/mol. The van der Waals surface area contributed by atoms with E-state index < -0.39 is 36.0 Å². The largest absolute Gasteiger partial charge is 0.480 e. The van der Waals surface area contributed by atoms with Crippen molar-refractivity contribution in [1.29, 1.82) is 0 Å². The molecule has 1 amide bonds. The van der Waals surface area contributed by atoms with Crippen molar-refractivity contribution in [3.05, 3.63) is 29.3 Å². The van der Waals surface area contributed by atoms with Gasteiger partial charge in [0.15, 0.2) is 0 Å². The number of alkyl halides is 2. The van der Waals surface area contributed by atoms with Crippen molar-refractivity contribution in [3.8, 4) is 0 Å². The van der Waals surface area contributed by atoms with E-state index in [4.69, 9.17) is 16.7 Å². The van der Waals surface area contributed by atoms with Crippen LogP contribution in [0.25, 0.3) is 0 Å². The lowest BCUT2D eigenvalue weighted by molar-refractivity contribution is -0.142. The van der Waals surface area contributed by atoms with Crippen LogP contribution in [0.2, 0.25) is 5.02 Å². The lowest BCUT2D eigenvalue weighted by Crippen LogP contribution is -2.45. The topological polar surface area (TPSA) is 66.4 Å². The lowest BCUT2D eigenvalue weighted by atomic mass is 10.2. The summed E-state index contributed by atoms with van der Waals surface area (Å²) in [5.41, 5.74) is 0. The van der Waals surface area contributed by atoms with Gasteiger partial charge in [-0.1, -0.05) is 23.7 Å². The third kappa shape index (κ3) is 5.89. The molecular formula is C13H14ClF2NO3S. The second-order valence-electron chi connectivity index (χ2n) is 4.22. The number of rotatable bonds is 7. The first kappa shape index (κ1) is 17.7. The van der Waals surface area contributed by atoms with E-state index in [0.29, 0.717) is 9.92 Å². The van der Waals surface area contributed by atoms with Crippen molar-refractivity contribution in [2.45, 2.75) is 36.0 Å². The summed E-state index contributed by atoms with van der Waals surface area (Å²) in [5.74, 6) is -2.12. The molecule has 21 heavy (non-hydrogen) atoms. The van der Waals surface area contributed by atoms with Crippen LogP contribution in [-0.2, 0) is 9.59 Å². The highest BCUT2D eigenvalue weighted by Gasteiger charge is 2.26. The van der Waals surface area contributed by atoms with Crippen molar-refractivity contribution in [2.75, 3.05) is 0 Å². The van der Waals surface area contributed by atoms with Gasteiger partial charge in [0.1, 0.15) is 6.04 Å². The summed E-state index contributed by atoms with van der Waals surface area (Å²) in [7, 11) is 0. The van der Waals surface area contributed by atoms with E-state index in [1.165, 1.54) is 0 Å². The van der Waals surface area contributed by atoms with Gasteiger partial charge < -0.3 is 10.4 Å². The lowest BCUT2D eigenvalue weighted by Gasteiger charge is -2.17. The Bertz CT molecular complexity index is 516. The van der Waals surface area contributed by atoms with Crippen LogP contribution >= 0.6 is 23.4 Å². The van der Waals surface area contributed by atoms with Crippen molar-refractivity contribution < 1.29 is 23.5 Å². The van der Waals surface area contributed by atoms with Crippen molar-refractivity contribution in [1.82, 2.24) is 5.32 Å². The molecule has 2 N–H and O–H groups in total. The van der Waals surface area contributed by atoms with Crippen LogP contribution in [0.5, 0.6) is 0 Å². The molecule has 0 saturated carbocycles. The van der Waals surface area contributed by atoms with Gasteiger partial charge >= 0.3 is 5.97 Å². The first-order chi connectivity index (χ1) is 9.81. The minimum atomic E-state index is -2.81. The number of carboxylic acid groups (broad SMARTS) is 1. The Morgan fingerprint density at radius 3 is 2.52 bits per heavy atom. The second-order valence-corrected chi connectivity index (χ2v) is 6.01. The monoisotopic (exact) mass is 337 g/mol. The van der Waals surface area contributed by atoms with Gasteiger partial charge in [-0.25, -0.2) is 13.6 Å². The molecule has 0 fully saturated rings. The van der Waals surface area contributed by atoms with Gasteiger partial charge in [-0.2, -0.15) is 0 Å². The number of nitrogens with one attached hydrogen (secondary N) is 1. The Labute approximate surface area is 129 Å². The molecule has 0 aliphatic heterocycles. The molecule has 8 heteroatoms. The minimum absolute atomic E-state index is 0.463. The van der Waals surface area contributed by atoms with E-state index in [1.54, 1.807) is 31.2 Å². The Kier molecular flexibility index (Phi) is 6.91. The highest BCUT2D eigenvalue weighted by molar-refractivity contribution is 8.00. The summed E-state index contributed by atoms with van der Waals surface area (Å²) in [4.78, 5) is 23.4. The van der Waals surface area contributed by atoms with Gasteiger partial charge in [0, 0.05) is 11.3 Å². The van der Waals surface area contributed by atoms with E-state index in [9.17, 15) is 18.4 Å². The standard InChI is InChI=1S/C13H14ClF2NO3S/c1-7(21-10-5-3-2-4-8(10)14)12(18)17-9(13(19)20)6-11(15)16/h2-5,7,9,11H,6H2,1H3,(H,17,18)(H,19,20). The molecule has 1 aromatic rings. The number of carbonyl (C=O) groups excluding carboxylic acids is 1. The molecular weight excluding hydrogens is 324 g/mol. The zero-order chi connectivity index (χ0) is 16.0. The number of benzene rings is 1. The van der Waals surface area contributed by atoms with Gasteiger partial charge in [0.25, 0.3) is 0 Å². The maximum absolute atomic E-state index is 12.3. The van der Waals surface area contributed by atoms with E-state index >= 15 is 0 Å². The maximum atomic E-state index is 12.3. The molecule has 0 saturated heterocycles. The number of carbonyl (C=O) groups is 2. The van der Waals surface area contributed by atoms with Crippen LogP contribution in [0.3, 0.4) is 0 Å². The fraction of sp³-hybridized carbons (Fsp3) is 0.385. The van der Waals surface area contributed by atoms with Gasteiger partial charge in [-0.15, -0.1) is 11.8 Å². The van der Waals surface area contributed by atoms with Crippen LogP contribution in [0.15, 0.2) is 29.2 Å². The van der Waals surface area contributed by atoms with Gasteiger partial charge in [0.05, 0.1) is 10.3 Å². The van der Waals surface area contributed by atoms with E-state index in [1.807, 2.05) is 0 Å². The number of thioether (sulfide) groups is 1. The van der Waals surface area contributed by atoms with Gasteiger partial charge in [0.2, 0.25) is 12.3 Å². The summed E-state index contributed by atoms with van der Waals surface area (Å²) in [6, 6.07) is 5.25. The van der Waals surface area contributed by atoms with Crippen LogP contribution in [-0.4, -0.2) is 34.7 Å². The number of amides is 1. The summed E-state index contributed by atoms with van der Waals surface area (Å²) in [5, 5.41) is 10.7. The van der Waals surface area contributed by atoms with E-state index in [0.717, 1.165) is 11.8 Å². The predicted octanol–water partition coefficient (Wildman–Crippen LogP) is 3.05. The number of halogens is 3. The van der Waals surface area contributed by atoms with E-state index in [2.05, 4.69) is 5.32 Å². The summed E-state index contributed by atoms with van der Waals surface area (Å²) < 4.78 is 24.5. The van der Waals surface area contributed by atoms with Crippen molar-refractivity contribution in [2.24, 2.45) is 0 Å². The molecule has 0 aliphatic carbocycles. The van der Waals surface area contributed by atoms with Crippen LogP contribution in [0.4, 0.5) is 8.78 Å². The quantitative estimate of drug-likeness (QED) is 0.750. The summed E-state index contributed by atoms with van der Waals surface area (Å²) >= 11 is 7.08. The second kappa shape index (κ2) is 8.19.